The quantitative estimate of drug-likeness (QED) is 0.751. The number of fused-ring (bicyclic) bond motifs is 1. The maximum absolute atomic E-state index is 12.5. The van der Waals surface area contributed by atoms with Gasteiger partial charge in [-0.05, 0) is 45.0 Å². The summed E-state index contributed by atoms with van der Waals surface area (Å²) in [5.41, 5.74) is 4.79. The fourth-order valence-corrected chi connectivity index (χ4v) is 3.47. The van der Waals surface area contributed by atoms with Crippen LogP contribution in [-0.2, 0) is 11.8 Å². The Hall–Kier alpha value is -2.63. The second kappa shape index (κ2) is 6.94. The molecule has 1 atom stereocenters. The molecule has 0 spiro atoms. The van der Waals surface area contributed by atoms with Crippen molar-refractivity contribution in [2.45, 2.75) is 53.0 Å². The Balaban J connectivity index is 1.74. The van der Waals surface area contributed by atoms with E-state index in [1.54, 1.807) is 0 Å². The van der Waals surface area contributed by atoms with Gasteiger partial charge in [0.25, 0.3) is 0 Å². The lowest BCUT2D eigenvalue weighted by Gasteiger charge is -2.14. The molecule has 0 saturated heterocycles. The fraction of sp³-hybridized carbons (Fsp3) is 0.450. The zero-order chi connectivity index (χ0) is 19.0. The number of nitrogens with one attached hydrogen (secondary N) is 1. The second-order valence-electron chi connectivity index (χ2n) is 7.36. The summed E-state index contributed by atoms with van der Waals surface area (Å²) < 4.78 is 4.02. The molecule has 0 bridgehead atoms. The number of benzene rings is 1. The Labute approximate surface area is 154 Å². The number of hydrogen-bond donors (Lipinski definition) is 1. The summed E-state index contributed by atoms with van der Waals surface area (Å²) >= 11 is 0. The van der Waals surface area contributed by atoms with Gasteiger partial charge in [-0.15, -0.1) is 0 Å². The first-order chi connectivity index (χ1) is 12.3. The number of anilines is 1. The number of carbonyl (C=O) groups excluding carboxylic acids is 1. The van der Waals surface area contributed by atoms with Crippen LogP contribution in [0, 0.1) is 13.8 Å². The second-order valence-corrected chi connectivity index (χ2v) is 7.36. The van der Waals surface area contributed by atoms with Gasteiger partial charge in [-0.3, -0.25) is 9.48 Å². The number of carbonyl (C=O) groups is 1. The first-order valence-electron chi connectivity index (χ1n) is 9.05. The number of aryl methyl sites for hydroxylation is 3. The zero-order valence-electron chi connectivity index (χ0n) is 16.4. The number of amides is 1. The average molecular weight is 353 g/mol. The molecule has 1 amide bonds. The molecule has 26 heavy (non-hydrogen) atoms. The monoisotopic (exact) mass is 353 g/mol. The van der Waals surface area contributed by atoms with Crippen LogP contribution in [0.15, 0.2) is 24.3 Å². The molecule has 2 heterocycles. The van der Waals surface area contributed by atoms with Crippen LogP contribution in [-0.4, -0.2) is 25.2 Å². The van der Waals surface area contributed by atoms with Gasteiger partial charge in [0.2, 0.25) is 5.91 Å². The van der Waals surface area contributed by atoms with E-state index >= 15 is 0 Å². The molecular formula is C20H27N5O. The number of nitrogens with zero attached hydrogens (tertiary/aromatic N) is 4. The van der Waals surface area contributed by atoms with E-state index in [0.29, 0.717) is 12.3 Å². The molecule has 1 N–H and O–H groups in total. The minimum absolute atomic E-state index is 0.00910. The Morgan fingerprint density at radius 2 is 1.92 bits per heavy atom. The molecule has 3 rings (SSSR count). The van der Waals surface area contributed by atoms with Gasteiger partial charge in [-0.25, -0.2) is 4.98 Å². The van der Waals surface area contributed by atoms with Crippen LogP contribution < -0.4 is 5.32 Å². The maximum atomic E-state index is 12.5. The highest BCUT2D eigenvalue weighted by Crippen LogP contribution is 2.24. The van der Waals surface area contributed by atoms with Crippen molar-refractivity contribution in [1.82, 2.24) is 19.3 Å². The SMILES string of the molecule is Cc1cc(C)n([C@@H](C)CC(=O)Nc2ccc3c(c2)nc(C(C)C)n3C)n1. The summed E-state index contributed by atoms with van der Waals surface area (Å²) in [6.45, 7) is 10.2. The van der Waals surface area contributed by atoms with E-state index in [1.165, 1.54) is 0 Å². The standard InChI is InChI=1S/C20H27N5O/c1-12(2)20-22-17-11-16(7-8-18(17)24(20)6)21-19(26)10-15(5)25-14(4)9-13(3)23-25/h7-9,11-12,15H,10H2,1-6H3,(H,21,26)/t15-/m0/s1. The highest BCUT2D eigenvalue weighted by Gasteiger charge is 2.15. The van der Waals surface area contributed by atoms with Crippen molar-refractivity contribution < 1.29 is 4.79 Å². The third kappa shape index (κ3) is 3.49. The van der Waals surface area contributed by atoms with Crippen molar-refractivity contribution in [3.05, 3.63) is 41.5 Å². The van der Waals surface area contributed by atoms with Gasteiger partial charge in [0, 0.05) is 30.8 Å². The van der Waals surface area contributed by atoms with Gasteiger partial charge < -0.3 is 9.88 Å². The van der Waals surface area contributed by atoms with Gasteiger partial charge in [-0.1, -0.05) is 13.8 Å². The van der Waals surface area contributed by atoms with Crippen molar-refractivity contribution in [2.75, 3.05) is 5.32 Å². The number of hydrogen-bond acceptors (Lipinski definition) is 3. The molecule has 2 aromatic heterocycles. The summed E-state index contributed by atoms with van der Waals surface area (Å²) in [6, 6.07) is 7.91. The van der Waals surface area contributed by atoms with Gasteiger partial charge in [-0.2, -0.15) is 5.10 Å². The van der Waals surface area contributed by atoms with Crippen molar-refractivity contribution in [2.24, 2.45) is 7.05 Å². The topological polar surface area (TPSA) is 64.7 Å². The number of aromatic nitrogens is 4. The van der Waals surface area contributed by atoms with E-state index < -0.39 is 0 Å². The summed E-state index contributed by atoms with van der Waals surface area (Å²) in [7, 11) is 2.03. The van der Waals surface area contributed by atoms with E-state index in [1.807, 2.05) is 56.8 Å². The van der Waals surface area contributed by atoms with Crippen LogP contribution in [0.4, 0.5) is 5.69 Å². The number of rotatable bonds is 5. The molecule has 0 radical (unpaired) electrons. The Kier molecular flexibility index (Phi) is 4.85. The van der Waals surface area contributed by atoms with Crippen molar-refractivity contribution >= 4 is 22.6 Å². The Morgan fingerprint density at radius 1 is 1.19 bits per heavy atom. The normalized spacial score (nSPS) is 12.7. The highest BCUT2D eigenvalue weighted by atomic mass is 16.1. The molecule has 0 aliphatic carbocycles. The van der Waals surface area contributed by atoms with Gasteiger partial charge in [0.1, 0.15) is 5.82 Å². The lowest BCUT2D eigenvalue weighted by molar-refractivity contribution is -0.116. The Bertz CT molecular complexity index is 951. The zero-order valence-corrected chi connectivity index (χ0v) is 16.4. The summed E-state index contributed by atoms with van der Waals surface area (Å²) in [5, 5.41) is 7.45. The largest absolute Gasteiger partial charge is 0.331 e. The molecule has 0 aliphatic heterocycles. The lowest BCUT2D eigenvalue weighted by Crippen LogP contribution is -2.19. The molecule has 0 unspecified atom stereocenters. The van der Waals surface area contributed by atoms with Crippen LogP contribution in [0.2, 0.25) is 0 Å². The molecule has 3 aromatic rings. The molecule has 6 heteroatoms. The van der Waals surface area contributed by atoms with Crippen LogP contribution in [0.1, 0.15) is 56.4 Å². The predicted octanol–water partition coefficient (Wildman–Crippen LogP) is 4.10. The summed E-state index contributed by atoms with van der Waals surface area (Å²) in [4.78, 5) is 17.2. The van der Waals surface area contributed by atoms with E-state index in [4.69, 9.17) is 4.98 Å². The molecule has 0 fully saturated rings. The molecule has 138 valence electrons. The molecule has 0 aliphatic rings. The van der Waals surface area contributed by atoms with Crippen molar-refractivity contribution in [3.63, 3.8) is 0 Å². The van der Waals surface area contributed by atoms with E-state index in [2.05, 4.69) is 28.8 Å². The maximum Gasteiger partial charge on any atom is 0.226 e. The first kappa shape index (κ1) is 18.2. The lowest BCUT2D eigenvalue weighted by atomic mass is 10.2. The highest BCUT2D eigenvalue weighted by molar-refractivity contribution is 5.93. The fourth-order valence-electron chi connectivity index (χ4n) is 3.47. The van der Waals surface area contributed by atoms with Gasteiger partial charge in [0.15, 0.2) is 0 Å². The van der Waals surface area contributed by atoms with Gasteiger partial charge >= 0.3 is 0 Å². The van der Waals surface area contributed by atoms with Crippen LogP contribution in [0.5, 0.6) is 0 Å². The summed E-state index contributed by atoms with van der Waals surface area (Å²) in [5.74, 6) is 1.37. The predicted molar refractivity (Wildman–Crippen MR) is 104 cm³/mol. The van der Waals surface area contributed by atoms with Gasteiger partial charge in [0.05, 0.1) is 22.8 Å². The van der Waals surface area contributed by atoms with E-state index in [0.717, 1.165) is 33.9 Å². The minimum Gasteiger partial charge on any atom is -0.331 e. The average Bonchev–Trinajstić information content (AvgIpc) is 3.06. The van der Waals surface area contributed by atoms with Crippen molar-refractivity contribution in [3.8, 4) is 0 Å². The molecule has 6 nitrogen and oxygen atoms in total. The summed E-state index contributed by atoms with van der Waals surface area (Å²) in [6.07, 6.45) is 0.374. The minimum atomic E-state index is -0.0237. The van der Waals surface area contributed by atoms with Crippen LogP contribution >= 0.6 is 0 Å². The van der Waals surface area contributed by atoms with Crippen LogP contribution in [0.3, 0.4) is 0 Å². The smallest absolute Gasteiger partial charge is 0.226 e. The third-order valence-electron chi connectivity index (χ3n) is 4.66. The molecule has 0 saturated carbocycles. The van der Waals surface area contributed by atoms with Crippen LogP contribution in [0.25, 0.3) is 11.0 Å². The molecule has 1 aromatic carbocycles. The van der Waals surface area contributed by atoms with Crippen molar-refractivity contribution in [1.29, 1.82) is 0 Å². The molecular weight excluding hydrogens is 326 g/mol. The van der Waals surface area contributed by atoms with E-state index in [9.17, 15) is 4.79 Å². The Morgan fingerprint density at radius 3 is 2.54 bits per heavy atom. The van der Waals surface area contributed by atoms with E-state index in [-0.39, 0.29) is 11.9 Å². The number of imidazole rings is 1. The first-order valence-corrected chi connectivity index (χ1v) is 9.05. The third-order valence-corrected chi connectivity index (χ3v) is 4.66.